The maximum Gasteiger partial charge on any atom is 0.306 e. The predicted molar refractivity (Wildman–Crippen MR) is 66.4 cm³/mol. The fourth-order valence-corrected chi connectivity index (χ4v) is 3.98. The molecule has 0 radical (unpaired) electrons. The first-order chi connectivity index (χ1) is 8.25. The molecule has 2 aliphatic rings. The standard InChI is InChI=1S/C12H16N2O2S/c15-12(16)8-1-3-14-10(5-8)6-13-11(14)9-2-4-17-7-9/h6,8-9H,1-5,7H2,(H,15,16). The largest absolute Gasteiger partial charge is 0.481 e. The zero-order chi connectivity index (χ0) is 11.8. The Bertz CT molecular complexity index is 438. The molecule has 2 unspecified atom stereocenters. The van der Waals surface area contributed by atoms with Crippen LogP contribution >= 0.6 is 11.8 Å². The van der Waals surface area contributed by atoms with Crippen molar-refractivity contribution in [3.8, 4) is 0 Å². The van der Waals surface area contributed by atoms with E-state index in [0.29, 0.717) is 12.3 Å². The second-order valence-electron chi connectivity index (χ2n) is 4.85. The van der Waals surface area contributed by atoms with E-state index in [4.69, 9.17) is 5.11 Å². The number of carbonyl (C=O) groups is 1. The van der Waals surface area contributed by atoms with Gasteiger partial charge in [0.1, 0.15) is 5.82 Å². The number of thioether (sulfide) groups is 1. The lowest BCUT2D eigenvalue weighted by Crippen LogP contribution is -2.26. The summed E-state index contributed by atoms with van der Waals surface area (Å²) in [5, 5.41) is 9.05. The summed E-state index contributed by atoms with van der Waals surface area (Å²) in [7, 11) is 0. The molecule has 2 atom stereocenters. The number of fused-ring (bicyclic) bond motifs is 1. The first-order valence-corrected chi connectivity index (χ1v) is 7.26. The highest BCUT2D eigenvalue weighted by Crippen LogP contribution is 2.34. The lowest BCUT2D eigenvalue weighted by atomic mass is 9.96. The molecule has 0 aliphatic carbocycles. The minimum Gasteiger partial charge on any atom is -0.481 e. The number of aliphatic carboxylic acids is 1. The van der Waals surface area contributed by atoms with Gasteiger partial charge in [0.05, 0.1) is 5.92 Å². The predicted octanol–water partition coefficient (Wildman–Crippen LogP) is 1.75. The Kier molecular flexibility index (Phi) is 2.86. The van der Waals surface area contributed by atoms with Crippen LogP contribution in [-0.2, 0) is 17.8 Å². The van der Waals surface area contributed by atoms with Gasteiger partial charge in [-0.3, -0.25) is 4.79 Å². The van der Waals surface area contributed by atoms with Crippen LogP contribution in [-0.4, -0.2) is 32.1 Å². The van der Waals surface area contributed by atoms with Crippen molar-refractivity contribution in [2.24, 2.45) is 5.92 Å². The molecule has 2 aliphatic heterocycles. The Morgan fingerprint density at radius 3 is 3.12 bits per heavy atom. The second kappa shape index (κ2) is 4.37. The topological polar surface area (TPSA) is 55.1 Å². The van der Waals surface area contributed by atoms with Crippen LogP contribution in [0, 0.1) is 5.92 Å². The average molecular weight is 252 g/mol. The van der Waals surface area contributed by atoms with E-state index in [1.54, 1.807) is 0 Å². The SMILES string of the molecule is O=C(O)C1CCn2c(cnc2C2CCSC2)C1. The Balaban J connectivity index is 1.84. The summed E-state index contributed by atoms with van der Waals surface area (Å²) in [4.78, 5) is 15.5. The summed E-state index contributed by atoms with van der Waals surface area (Å²) >= 11 is 1.99. The summed E-state index contributed by atoms with van der Waals surface area (Å²) in [5.41, 5.74) is 1.11. The molecule has 0 saturated carbocycles. The molecular weight excluding hydrogens is 236 g/mol. The minimum atomic E-state index is -0.671. The second-order valence-corrected chi connectivity index (χ2v) is 6.00. The third-order valence-corrected chi connectivity index (χ3v) is 4.93. The van der Waals surface area contributed by atoms with Crippen molar-refractivity contribution in [3.63, 3.8) is 0 Å². The fourth-order valence-electron chi connectivity index (χ4n) is 2.76. The summed E-state index contributed by atoms with van der Waals surface area (Å²) < 4.78 is 2.26. The first kappa shape index (κ1) is 11.1. The number of hydrogen-bond donors (Lipinski definition) is 1. The quantitative estimate of drug-likeness (QED) is 0.871. The van der Waals surface area contributed by atoms with Gasteiger partial charge in [0.2, 0.25) is 0 Å². The maximum absolute atomic E-state index is 11.0. The van der Waals surface area contributed by atoms with Gasteiger partial charge in [-0.05, 0) is 18.6 Å². The molecule has 0 amide bonds. The molecule has 1 N–H and O–H groups in total. The van der Waals surface area contributed by atoms with Gasteiger partial charge in [-0.1, -0.05) is 0 Å². The van der Waals surface area contributed by atoms with E-state index in [1.807, 2.05) is 18.0 Å². The van der Waals surface area contributed by atoms with Crippen LogP contribution in [0.2, 0.25) is 0 Å². The molecule has 0 spiro atoms. The van der Waals surface area contributed by atoms with Crippen molar-refractivity contribution in [1.82, 2.24) is 9.55 Å². The van der Waals surface area contributed by atoms with Gasteiger partial charge in [-0.2, -0.15) is 11.8 Å². The Morgan fingerprint density at radius 2 is 2.41 bits per heavy atom. The zero-order valence-corrected chi connectivity index (χ0v) is 10.4. The number of carboxylic acid groups (broad SMARTS) is 1. The number of imidazole rings is 1. The van der Waals surface area contributed by atoms with Gasteiger partial charge >= 0.3 is 5.97 Å². The average Bonchev–Trinajstić information content (AvgIpc) is 2.96. The van der Waals surface area contributed by atoms with Gasteiger partial charge in [0.25, 0.3) is 0 Å². The van der Waals surface area contributed by atoms with E-state index in [9.17, 15) is 4.79 Å². The van der Waals surface area contributed by atoms with Crippen LogP contribution in [0.3, 0.4) is 0 Å². The van der Waals surface area contributed by atoms with Crippen molar-refractivity contribution in [2.75, 3.05) is 11.5 Å². The van der Waals surface area contributed by atoms with Crippen molar-refractivity contribution in [1.29, 1.82) is 0 Å². The van der Waals surface area contributed by atoms with E-state index < -0.39 is 5.97 Å². The van der Waals surface area contributed by atoms with Crippen LogP contribution in [0.4, 0.5) is 0 Å². The van der Waals surface area contributed by atoms with Crippen LogP contribution in [0.5, 0.6) is 0 Å². The number of hydrogen-bond acceptors (Lipinski definition) is 3. The Hall–Kier alpha value is -0.970. The van der Waals surface area contributed by atoms with Crippen molar-refractivity contribution < 1.29 is 9.90 Å². The van der Waals surface area contributed by atoms with Gasteiger partial charge in [-0.25, -0.2) is 4.98 Å². The molecule has 0 aromatic carbocycles. The third kappa shape index (κ3) is 1.97. The van der Waals surface area contributed by atoms with Gasteiger partial charge < -0.3 is 9.67 Å². The minimum absolute atomic E-state index is 0.218. The van der Waals surface area contributed by atoms with Crippen LogP contribution in [0.1, 0.15) is 30.3 Å². The maximum atomic E-state index is 11.0. The van der Waals surface area contributed by atoms with E-state index >= 15 is 0 Å². The van der Waals surface area contributed by atoms with Crippen LogP contribution in [0.15, 0.2) is 6.20 Å². The summed E-state index contributed by atoms with van der Waals surface area (Å²) in [6.45, 7) is 0.822. The molecule has 0 bridgehead atoms. The molecule has 1 saturated heterocycles. The monoisotopic (exact) mass is 252 g/mol. The fraction of sp³-hybridized carbons (Fsp3) is 0.667. The third-order valence-electron chi connectivity index (χ3n) is 3.77. The molecule has 1 aromatic rings. The van der Waals surface area contributed by atoms with E-state index in [-0.39, 0.29) is 5.92 Å². The highest BCUT2D eigenvalue weighted by molar-refractivity contribution is 7.99. The highest BCUT2D eigenvalue weighted by atomic mass is 32.2. The first-order valence-electron chi connectivity index (χ1n) is 6.10. The lowest BCUT2D eigenvalue weighted by Gasteiger charge is -2.23. The number of carboxylic acids is 1. The molecule has 1 aromatic heterocycles. The number of aromatic nitrogens is 2. The van der Waals surface area contributed by atoms with Crippen molar-refractivity contribution in [2.45, 2.75) is 31.7 Å². The number of nitrogens with zero attached hydrogens (tertiary/aromatic N) is 2. The van der Waals surface area contributed by atoms with Crippen LogP contribution < -0.4 is 0 Å². The smallest absolute Gasteiger partial charge is 0.306 e. The van der Waals surface area contributed by atoms with Gasteiger partial charge in [0.15, 0.2) is 0 Å². The van der Waals surface area contributed by atoms with Gasteiger partial charge in [0, 0.05) is 36.5 Å². The molecule has 4 nitrogen and oxygen atoms in total. The van der Waals surface area contributed by atoms with Crippen molar-refractivity contribution >= 4 is 17.7 Å². The summed E-state index contributed by atoms with van der Waals surface area (Å²) in [6, 6.07) is 0. The molecule has 5 heteroatoms. The van der Waals surface area contributed by atoms with Crippen LogP contribution in [0.25, 0.3) is 0 Å². The molecule has 92 valence electrons. The van der Waals surface area contributed by atoms with E-state index in [1.165, 1.54) is 23.8 Å². The normalized spacial score (nSPS) is 28.0. The molecule has 17 heavy (non-hydrogen) atoms. The van der Waals surface area contributed by atoms with Gasteiger partial charge in [-0.15, -0.1) is 0 Å². The summed E-state index contributed by atoms with van der Waals surface area (Å²) in [6.07, 6.45) is 4.48. The highest BCUT2D eigenvalue weighted by Gasteiger charge is 2.29. The molecule has 3 rings (SSSR count). The van der Waals surface area contributed by atoms with E-state index in [2.05, 4.69) is 9.55 Å². The van der Waals surface area contributed by atoms with Crippen molar-refractivity contribution in [3.05, 3.63) is 17.7 Å². The zero-order valence-electron chi connectivity index (χ0n) is 9.63. The Labute approximate surface area is 104 Å². The summed E-state index contributed by atoms with van der Waals surface area (Å²) in [5.74, 6) is 3.27. The Morgan fingerprint density at radius 1 is 1.53 bits per heavy atom. The number of rotatable bonds is 2. The molecule has 3 heterocycles. The molecule has 1 fully saturated rings. The van der Waals surface area contributed by atoms with E-state index in [0.717, 1.165) is 18.7 Å². The molecular formula is C12H16N2O2S. The lowest BCUT2D eigenvalue weighted by molar-refractivity contribution is -0.142.